The number of aliphatic hydroxyl groups is 1. The summed E-state index contributed by atoms with van der Waals surface area (Å²) < 4.78 is 5.29. The number of carbonyl (C=O) groups is 1. The Labute approximate surface area is 142 Å². The number of anilines is 1. The summed E-state index contributed by atoms with van der Waals surface area (Å²) in [5, 5.41) is 10.5. The maximum absolute atomic E-state index is 12.6. The van der Waals surface area contributed by atoms with Crippen LogP contribution in [0, 0.1) is 5.41 Å². The second kappa shape index (κ2) is 6.29. The zero-order valence-electron chi connectivity index (χ0n) is 14.7. The first kappa shape index (κ1) is 17.1. The summed E-state index contributed by atoms with van der Waals surface area (Å²) in [5.41, 5.74) is -0.612. The zero-order chi connectivity index (χ0) is 17.4. The standard InChI is InChI=1S/C17H26N4O3/c1-16(2)12-21(5-4-17(16,3)23)14-11-18-10-13(19-14)15(22)20-6-8-24-9-7-20/h10-11,23H,4-9,12H2,1-3H3/t17-/m1/s1. The SMILES string of the molecule is CC1(C)CN(c2cncc(C(=O)N3CCOCC3)n2)CC[C@@]1(C)O. The number of amides is 1. The van der Waals surface area contributed by atoms with Gasteiger partial charge in [-0.2, -0.15) is 0 Å². The monoisotopic (exact) mass is 334 g/mol. The fourth-order valence-corrected chi connectivity index (χ4v) is 3.15. The van der Waals surface area contributed by atoms with E-state index in [2.05, 4.69) is 28.7 Å². The second-order valence-corrected chi connectivity index (χ2v) is 7.50. The van der Waals surface area contributed by atoms with Gasteiger partial charge >= 0.3 is 0 Å². The first-order chi connectivity index (χ1) is 11.3. The third kappa shape index (κ3) is 3.23. The van der Waals surface area contributed by atoms with E-state index < -0.39 is 5.60 Å². The average molecular weight is 334 g/mol. The van der Waals surface area contributed by atoms with E-state index in [0.717, 1.165) is 0 Å². The van der Waals surface area contributed by atoms with E-state index in [1.165, 1.54) is 6.20 Å². The first-order valence-corrected chi connectivity index (χ1v) is 8.47. The number of hydrogen-bond acceptors (Lipinski definition) is 6. The second-order valence-electron chi connectivity index (χ2n) is 7.50. The highest BCUT2D eigenvalue weighted by atomic mass is 16.5. The molecule has 2 saturated heterocycles. The summed E-state index contributed by atoms with van der Waals surface area (Å²) in [7, 11) is 0. The molecule has 7 nitrogen and oxygen atoms in total. The van der Waals surface area contributed by atoms with E-state index in [4.69, 9.17) is 4.74 Å². The van der Waals surface area contributed by atoms with Crippen molar-refractivity contribution in [1.82, 2.24) is 14.9 Å². The molecule has 0 bridgehead atoms. The van der Waals surface area contributed by atoms with Gasteiger partial charge in [0.2, 0.25) is 0 Å². The Morgan fingerprint density at radius 1 is 1.21 bits per heavy atom. The molecule has 2 aliphatic rings. The van der Waals surface area contributed by atoms with Gasteiger partial charge in [0.25, 0.3) is 5.91 Å². The van der Waals surface area contributed by atoms with Crippen LogP contribution in [0.15, 0.2) is 12.4 Å². The molecule has 1 aromatic rings. The molecule has 24 heavy (non-hydrogen) atoms. The van der Waals surface area contributed by atoms with Gasteiger partial charge in [0.15, 0.2) is 0 Å². The topological polar surface area (TPSA) is 78.8 Å². The predicted octanol–water partition coefficient (Wildman–Crippen LogP) is 0.936. The number of ether oxygens (including phenoxy) is 1. The Morgan fingerprint density at radius 3 is 2.58 bits per heavy atom. The van der Waals surface area contributed by atoms with Gasteiger partial charge in [-0.25, -0.2) is 4.98 Å². The molecule has 2 fully saturated rings. The summed E-state index contributed by atoms with van der Waals surface area (Å²) in [4.78, 5) is 25.2. The van der Waals surface area contributed by atoms with Gasteiger partial charge < -0.3 is 19.6 Å². The maximum atomic E-state index is 12.6. The van der Waals surface area contributed by atoms with E-state index >= 15 is 0 Å². The Kier molecular flexibility index (Phi) is 4.48. The average Bonchev–Trinajstić information content (AvgIpc) is 2.57. The van der Waals surface area contributed by atoms with Gasteiger partial charge in [0, 0.05) is 31.6 Å². The molecular formula is C17H26N4O3. The van der Waals surface area contributed by atoms with Crippen molar-refractivity contribution < 1.29 is 14.6 Å². The van der Waals surface area contributed by atoms with Crippen molar-refractivity contribution in [2.24, 2.45) is 5.41 Å². The lowest BCUT2D eigenvalue weighted by Gasteiger charge is -2.48. The van der Waals surface area contributed by atoms with Crippen LogP contribution in [0.5, 0.6) is 0 Å². The number of carbonyl (C=O) groups excluding carboxylic acids is 1. The van der Waals surface area contributed by atoms with Crippen molar-refractivity contribution in [3.8, 4) is 0 Å². The van der Waals surface area contributed by atoms with Crippen LogP contribution in [0.1, 0.15) is 37.7 Å². The van der Waals surface area contributed by atoms with Crippen LogP contribution >= 0.6 is 0 Å². The molecule has 3 rings (SSSR count). The summed E-state index contributed by atoms with van der Waals surface area (Å²) in [6.45, 7) is 9.65. The fraction of sp³-hybridized carbons (Fsp3) is 0.706. The van der Waals surface area contributed by atoms with Gasteiger partial charge in [-0.05, 0) is 13.3 Å². The quantitative estimate of drug-likeness (QED) is 0.867. The van der Waals surface area contributed by atoms with Crippen LogP contribution in [0.4, 0.5) is 5.82 Å². The van der Waals surface area contributed by atoms with Crippen LogP contribution in [-0.2, 0) is 4.74 Å². The van der Waals surface area contributed by atoms with Gasteiger partial charge in [0.1, 0.15) is 11.5 Å². The van der Waals surface area contributed by atoms with E-state index in [1.54, 1.807) is 11.1 Å². The normalized spacial score (nSPS) is 27.2. The molecular weight excluding hydrogens is 308 g/mol. The van der Waals surface area contributed by atoms with Gasteiger partial charge in [-0.3, -0.25) is 9.78 Å². The molecule has 7 heteroatoms. The minimum absolute atomic E-state index is 0.101. The van der Waals surface area contributed by atoms with E-state index in [9.17, 15) is 9.90 Å². The highest BCUT2D eigenvalue weighted by Gasteiger charge is 2.44. The highest BCUT2D eigenvalue weighted by molar-refractivity contribution is 5.92. The predicted molar refractivity (Wildman–Crippen MR) is 90.0 cm³/mol. The highest BCUT2D eigenvalue weighted by Crippen LogP contribution is 2.39. The number of morpholine rings is 1. The molecule has 0 unspecified atom stereocenters. The molecule has 1 aromatic heterocycles. The fourth-order valence-electron chi connectivity index (χ4n) is 3.15. The van der Waals surface area contributed by atoms with E-state index in [0.29, 0.717) is 57.3 Å². The minimum Gasteiger partial charge on any atom is -0.389 e. The molecule has 1 N–H and O–H groups in total. The van der Waals surface area contributed by atoms with Crippen LogP contribution < -0.4 is 4.90 Å². The van der Waals surface area contributed by atoms with Crippen molar-refractivity contribution >= 4 is 11.7 Å². The molecule has 1 amide bonds. The number of aromatic nitrogens is 2. The molecule has 132 valence electrons. The van der Waals surface area contributed by atoms with Crippen LogP contribution in [0.3, 0.4) is 0 Å². The number of rotatable bonds is 2. The summed E-state index contributed by atoms with van der Waals surface area (Å²) in [6, 6.07) is 0. The molecule has 3 heterocycles. The Bertz CT molecular complexity index is 612. The van der Waals surface area contributed by atoms with Crippen molar-refractivity contribution in [2.45, 2.75) is 32.8 Å². The van der Waals surface area contributed by atoms with Gasteiger partial charge in [-0.15, -0.1) is 0 Å². The summed E-state index contributed by atoms with van der Waals surface area (Å²) in [5.74, 6) is 0.591. The number of hydrogen-bond donors (Lipinski definition) is 1. The molecule has 2 aliphatic heterocycles. The molecule has 0 aliphatic carbocycles. The van der Waals surface area contributed by atoms with Crippen molar-refractivity contribution in [3.05, 3.63) is 18.1 Å². The smallest absolute Gasteiger partial charge is 0.274 e. The van der Waals surface area contributed by atoms with Crippen LogP contribution in [-0.4, -0.2) is 70.9 Å². The largest absolute Gasteiger partial charge is 0.389 e. The first-order valence-electron chi connectivity index (χ1n) is 8.47. The Morgan fingerprint density at radius 2 is 1.92 bits per heavy atom. The number of piperidine rings is 1. The molecule has 1 atom stereocenters. The molecule has 0 aromatic carbocycles. The Hall–Kier alpha value is -1.73. The minimum atomic E-state index is -0.710. The van der Waals surface area contributed by atoms with Crippen molar-refractivity contribution in [3.63, 3.8) is 0 Å². The maximum Gasteiger partial charge on any atom is 0.274 e. The molecule has 0 radical (unpaired) electrons. The van der Waals surface area contributed by atoms with Crippen LogP contribution in [0.25, 0.3) is 0 Å². The van der Waals surface area contributed by atoms with Gasteiger partial charge in [0.05, 0.1) is 31.2 Å². The van der Waals surface area contributed by atoms with Crippen molar-refractivity contribution in [1.29, 1.82) is 0 Å². The third-order valence-electron chi connectivity index (χ3n) is 5.38. The summed E-state index contributed by atoms with van der Waals surface area (Å²) in [6.07, 6.45) is 3.86. The molecule has 0 saturated carbocycles. The zero-order valence-corrected chi connectivity index (χ0v) is 14.7. The van der Waals surface area contributed by atoms with Crippen molar-refractivity contribution in [2.75, 3.05) is 44.3 Å². The van der Waals surface area contributed by atoms with E-state index in [-0.39, 0.29) is 11.3 Å². The lowest BCUT2D eigenvalue weighted by Crippen LogP contribution is -2.56. The summed E-state index contributed by atoms with van der Waals surface area (Å²) >= 11 is 0. The lowest BCUT2D eigenvalue weighted by molar-refractivity contribution is -0.0650. The van der Waals surface area contributed by atoms with Gasteiger partial charge in [-0.1, -0.05) is 13.8 Å². The Balaban J connectivity index is 1.77. The lowest BCUT2D eigenvalue weighted by atomic mass is 9.71. The van der Waals surface area contributed by atoms with Crippen LogP contribution in [0.2, 0.25) is 0 Å². The number of nitrogens with zero attached hydrogens (tertiary/aromatic N) is 4. The molecule has 0 spiro atoms. The third-order valence-corrected chi connectivity index (χ3v) is 5.38. The van der Waals surface area contributed by atoms with E-state index in [1.807, 2.05) is 6.92 Å².